The zero-order valence-electron chi connectivity index (χ0n) is 9.36. The van der Waals surface area contributed by atoms with Crippen LogP contribution < -0.4 is 0 Å². The molecule has 0 saturated carbocycles. The SMILES string of the molecule is CCC(=O)[C@@](C)(O)[C@@H]1OC(C)(C)OC1=O. The second-order valence-corrected chi connectivity index (χ2v) is 4.24. The van der Waals surface area contributed by atoms with E-state index in [-0.39, 0.29) is 6.42 Å². The van der Waals surface area contributed by atoms with Crippen LogP contribution in [0, 0.1) is 0 Å². The Morgan fingerprint density at radius 1 is 1.60 bits per heavy atom. The van der Waals surface area contributed by atoms with E-state index in [0.29, 0.717) is 0 Å². The van der Waals surface area contributed by atoms with Gasteiger partial charge in [0.2, 0.25) is 5.79 Å². The standard InChI is InChI=1S/C10H16O5/c1-5-6(11)10(4,13)7-8(12)15-9(2,3)14-7/h7,13H,5H2,1-4H3/t7-,10-/m1/s1. The highest BCUT2D eigenvalue weighted by Crippen LogP contribution is 2.30. The van der Waals surface area contributed by atoms with Gasteiger partial charge >= 0.3 is 5.97 Å². The number of ketones is 1. The van der Waals surface area contributed by atoms with E-state index < -0.39 is 29.2 Å². The Bertz CT molecular complexity index is 292. The fourth-order valence-electron chi connectivity index (χ4n) is 1.50. The number of hydrogen-bond acceptors (Lipinski definition) is 5. The van der Waals surface area contributed by atoms with Crippen molar-refractivity contribution in [3.8, 4) is 0 Å². The van der Waals surface area contributed by atoms with Crippen LogP contribution in [-0.2, 0) is 19.1 Å². The third-order valence-corrected chi connectivity index (χ3v) is 2.36. The van der Waals surface area contributed by atoms with E-state index in [0.717, 1.165) is 0 Å². The zero-order valence-corrected chi connectivity index (χ0v) is 9.36. The number of cyclic esters (lactones) is 1. The molecule has 86 valence electrons. The average Bonchev–Trinajstić information content (AvgIpc) is 2.38. The van der Waals surface area contributed by atoms with E-state index in [2.05, 4.69) is 0 Å². The molecule has 1 saturated heterocycles. The van der Waals surface area contributed by atoms with Crippen molar-refractivity contribution in [2.75, 3.05) is 0 Å². The molecule has 0 spiro atoms. The molecule has 1 fully saturated rings. The van der Waals surface area contributed by atoms with Crippen molar-refractivity contribution < 1.29 is 24.2 Å². The van der Waals surface area contributed by atoms with Crippen molar-refractivity contribution in [1.82, 2.24) is 0 Å². The van der Waals surface area contributed by atoms with Crippen LogP contribution in [-0.4, -0.2) is 34.4 Å². The molecule has 2 atom stereocenters. The van der Waals surface area contributed by atoms with E-state index in [1.54, 1.807) is 20.8 Å². The van der Waals surface area contributed by atoms with Crippen LogP contribution in [0.15, 0.2) is 0 Å². The van der Waals surface area contributed by atoms with Gasteiger partial charge < -0.3 is 14.6 Å². The first kappa shape index (κ1) is 12.1. The predicted octanol–water partition coefficient (Wildman–Crippen LogP) is 0.395. The van der Waals surface area contributed by atoms with Gasteiger partial charge in [0.25, 0.3) is 0 Å². The number of ether oxygens (including phenoxy) is 2. The van der Waals surface area contributed by atoms with Gasteiger partial charge in [0.1, 0.15) is 0 Å². The molecule has 1 aliphatic heterocycles. The Labute approximate surface area is 88.4 Å². The minimum atomic E-state index is -1.82. The molecule has 15 heavy (non-hydrogen) atoms. The predicted molar refractivity (Wildman–Crippen MR) is 51.0 cm³/mol. The summed E-state index contributed by atoms with van der Waals surface area (Å²) in [5.41, 5.74) is -1.82. The van der Waals surface area contributed by atoms with Crippen LogP contribution in [0.3, 0.4) is 0 Å². The highest BCUT2D eigenvalue weighted by atomic mass is 16.8. The van der Waals surface area contributed by atoms with Crippen LogP contribution in [0.4, 0.5) is 0 Å². The number of hydrogen-bond donors (Lipinski definition) is 1. The third-order valence-electron chi connectivity index (χ3n) is 2.36. The van der Waals surface area contributed by atoms with E-state index in [1.165, 1.54) is 6.92 Å². The number of rotatable bonds is 3. The maximum absolute atomic E-state index is 11.4. The highest BCUT2D eigenvalue weighted by Gasteiger charge is 2.53. The van der Waals surface area contributed by atoms with Gasteiger partial charge in [0.05, 0.1) is 0 Å². The summed E-state index contributed by atoms with van der Waals surface area (Å²) < 4.78 is 10.1. The smallest absolute Gasteiger partial charge is 0.341 e. The molecule has 1 heterocycles. The number of aliphatic hydroxyl groups is 1. The Hall–Kier alpha value is -0.940. The normalized spacial score (nSPS) is 28.3. The maximum Gasteiger partial charge on any atom is 0.341 e. The minimum absolute atomic E-state index is 0.139. The summed E-state index contributed by atoms with van der Waals surface area (Å²) in [5, 5.41) is 9.91. The van der Waals surface area contributed by atoms with E-state index >= 15 is 0 Å². The number of carbonyl (C=O) groups is 2. The minimum Gasteiger partial charge on any atom is -0.432 e. The van der Waals surface area contributed by atoms with Crippen molar-refractivity contribution in [1.29, 1.82) is 0 Å². The lowest BCUT2D eigenvalue weighted by Crippen LogP contribution is -2.50. The Morgan fingerprint density at radius 2 is 2.13 bits per heavy atom. The van der Waals surface area contributed by atoms with E-state index in [4.69, 9.17) is 9.47 Å². The molecule has 0 unspecified atom stereocenters. The van der Waals surface area contributed by atoms with Crippen LogP contribution in [0.1, 0.15) is 34.1 Å². The van der Waals surface area contributed by atoms with Gasteiger partial charge in [-0.25, -0.2) is 4.79 Å². The summed E-state index contributed by atoms with van der Waals surface area (Å²) in [4.78, 5) is 22.8. The molecule has 1 rings (SSSR count). The highest BCUT2D eigenvalue weighted by molar-refractivity contribution is 5.93. The van der Waals surface area contributed by atoms with Crippen molar-refractivity contribution in [3.05, 3.63) is 0 Å². The van der Waals surface area contributed by atoms with Crippen molar-refractivity contribution in [2.24, 2.45) is 0 Å². The van der Waals surface area contributed by atoms with Gasteiger partial charge in [0.15, 0.2) is 17.5 Å². The molecule has 5 heteroatoms. The van der Waals surface area contributed by atoms with Crippen LogP contribution >= 0.6 is 0 Å². The zero-order chi connectivity index (χ0) is 11.9. The molecule has 0 aliphatic carbocycles. The van der Waals surface area contributed by atoms with Gasteiger partial charge in [-0.05, 0) is 6.92 Å². The van der Waals surface area contributed by atoms with Gasteiger partial charge in [-0.15, -0.1) is 0 Å². The molecule has 0 radical (unpaired) electrons. The molecule has 0 aromatic heterocycles. The third kappa shape index (κ3) is 2.18. The van der Waals surface area contributed by atoms with Crippen molar-refractivity contribution in [3.63, 3.8) is 0 Å². The molecule has 1 N–H and O–H groups in total. The molecular weight excluding hydrogens is 200 g/mol. The molecular formula is C10H16O5. The van der Waals surface area contributed by atoms with Crippen LogP contribution in [0.25, 0.3) is 0 Å². The first-order valence-corrected chi connectivity index (χ1v) is 4.87. The first-order chi connectivity index (χ1) is 6.70. The Balaban J connectivity index is 2.90. The van der Waals surface area contributed by atoms with Gasteiger partial charge in [-0.1, -0.05) is 6.92 Å². The summed E-state index contributed by atoms with van der Waals surface area (Å²) in [6.07, 6.45) is -1.10. The summed E-state index contributed by atoms with van der Waals surface area (Å²) >= 11 is 0. The fraction of sp³-hybridized carbons (Fsp3) is 0.800. The molecule has 0 amide bonds. The summed E-state index contributed by atoms with van der Waals surface area (Å²) in [6, 6.07) is 0. The molecule has 5 nitrogen and oxygen atoms in total. The lowest BCUT2D eigenvalue weighted by molar-refractivity contribution is -0.174. The Morgan fingerprint density at radius 3 is 2.47 bits per heavy atom. The molecule has 0 aromatic rings. The summed E-state index contributed by atoms with van der Waals surface area (Å²) in [7, 11) is 0. The van der Waals surface area contributed by atoms with Crippen molar-refractivity contribution >= 4 is 11.8 Å². The van der Waals surface area contributed by atoms with E-state index in [9.17, 15) is 14.7 Å². The molecule has 1 aliphatic rings. The number of Topliss-reactive ketones (excluding diaryl/α,β-unsaturated/α-hetero) is 1. The van der Waals surface area contributed by atoms with Gasteiger partial charge in [0, 0.05) is 20.3 Å². The fourth-order valence-corrected chi connectivity index (χ4v) is 1.50. The number of esters is 1. The largest absolute Gasteiger partial charge is 0.432 e. The molecule has 0 aromatic carbocycles. The van der Waals surface area contributed by atoms with Crippen LogP contribution in [0.5, 0.6) is 0 Å². The lowest BCUT2D eigenvalue weighted by Gasteiger charge is -2.25. The van der Waals surface area contributed by atoms with Crippen molar-refractivity contribution in [2.45, 2.75) is 51.6 Å². The summed E-state index contributed by atoms with van der Waals surface area (Å²) in [6.45, 7) is 5.99. The van der Waals surface area contributed by atoms with Crippen LogP contribution in [0.2, 0.25) is 0 Å². The summed E-state index contributed by atoms with van der Waals surface area (Å²) in [5.74, 6) is -2.23. The Kier molecular flexibility index (Phi) is 2.89. The number of carbonyl (C=O) groups excluding carboxylic acids is 2. The van der Waals surface area contributed by atoms with Gasteiger partial charge in [-0.3, -0.25) is 4.79 Å². The lowest BCUT2D eigenvalue weighted by atomic mass is 9.92. The molecule has 0 bridgehead atoms. The maximum atomic E-state index is 11.4. The van der Waals surface area contributed by atoms with Gasteiger partial charge in [-0.2, -0.15) is 0 Å². The monoisotopic (exact) mass is 216 g/mol. The topological polar surface area (TPSA) is 72.8 Å². The second kappa shape index (κ2) is 3.57. The average molecular weight is 216 g/mol. The second-order valence-electron chi connectivity index (χ2n) is 4.24. The quantitative estimate of drug-likeness (QED) is 0.691. The first-order valence-electron chi connectivity index (χ1n) is 4.87. The van der Waals surface area contributed by atoms with E-state index in [1.807, 2.05) is 0 Å².